The molecule has 29 heavy (non-hydrogen) atoms. The number of rotatable bonds is 10. The number of sulfonamides is 1. The molecule has 0 aliphatic heterocycles. The molecular weight excluding hydrogens is 386 g/mol. The second kappa shape index (κ2) is 10.5. The van der Waals surface area contributed by atoms with Crippen LogP contribution in [0.3, 0.4) is 0 Å². The quantitative estimate of drug-likeness (QED) is 0.623. The lowest BCUT2D eigenvalue weighted by molar-refractivity contribution is -0.123. The van der Waals surface area contributed by atoms with Crippen molar-refractivity contribution >= 4 is 15.9 Å². The normalized spacial score (nSPS) is 13.8. The van der Waals surface area contributed by atoms with Gasteiger partial charge in [-0.15, -0.1) is 0 Å². The van der Waals surface area contributed by atoms with E-state index in [9.17, 15) is 13.2 Å². The van der Waals surface area contributed by atoms with Gasteiger partial charge < -0.3 is 5.32 Å². The maximum absolute atomic E-state index is 12.6. The fourth-order valence-electron chi connectivity index (χ4n) is 3.13. The summed E-state index contributed by atoms with van der Waals surface area (Å²) in [6.07, 6.45) is 0. The zero-order valence-electron chi connectivity index (χ0n) is 17.6. The standard InChI is InChI=1S/C22H31N3O3S/c1-5-25(6-2)29(27,28)21-14-12-20(13-15-21)17(3)24-18(4)22(26)23-16-19-10-8-7-9-11-19/h7-15,17-18,24H,5-6,16H2,1-4H3,(H,23,26)/t17-,18-/m0/s1. The summed E-state index contributed by atoms with van der Waals surface area (Å²) < 4.78 is 26.6. The lowest BCUT2D eigenvalue weighted by atomic mass is 10.1. The Morgan fingerprint density at radius 3 is 2.10 bits per heavy atom. The maximum Gasteiger partial charge on any atom is 0.243 e. The largest absolute Gasteiger partial charge is 0.351 e. The smallest absolute Gasteiger partial charge is 0.243 e. The van der Waals surface area contributed by atoms with Gasteiger partial charge in [0.05, 0.1) is 10.9 Å². The molecule has 0 aromatic heterocycles. The molecule has 1 amide bonds. The molecule has 0 fully saturated rings. The fraction of sp³-hybridized carbons (Fsp3) is 0.409. The fourth-order valence-corrected chi connectivity index (χ4v) is 4.58. The Bertz CT molecular complexity index is 879. The predicted molar refractivity (Wildman–Crippen MR) is 116 cm³/mol. The van der Waals surface area contributed by atoms with Gasteiger partial charge in [-0.2, -0.15) is 4.31 Å². The number of nitrogens with zero attached hydrogens (tertiary/aromatic N) is 1. The number of carbonyl (C=O) groups excluding carboxylic acids is 1. The molecular formula is C22H31N3O3S. The van der Waals surface area contributed by atoms with Crippen LogP contribution >= 0.6 is 0 Å². The van der Waals surface area contributed by atoms with E-state index in [1.165, 1.54) is 4.31 Å². The van der Waals surface area contributed by atoms with Gasteiger partial charge in [0.1, 0.15) is 0 Å². The first-order valence-electron chi connectivity index (χ1n) is 9.97. The summed E-state index contributed by atoms with van der Waals surface area (Å²) in [7, 11) is -3.47. The van der Waals surface area contributed by atoms with Crippen LogP contribution in [-0.4, -0.2) is 37.8 Å². The van der Waals surface area contributed by atoms with E-state index in [2.05, 4.69) is 10.6 Å². The molecule has 2 aromatic rings. The number of benzene rings is 2. The third kappa shape index (κ3) is 6.13. The molecule has 0 bridgehead atoms. The number of carbonyl (C=O) groups is 1. The summed E-state index contributed by atoms with van der Waals surface area (Å²) in [5.74, 6) is -0.0820. The van der Waals surface area contributed by atoms with E-state index >= 15 is 0 Å². The highest BCUT2D eigenvalue weighted by atomic mass is 32.2. The van der Waals surface area contributed by atoms with Crippen molar-refractivity contribution in [2.24, 2.45) is 0 Å². The molecule has 0 aliphatic carbocycles. The minimum Gasteiger partial charge on any atom is -0.351 e. The van der Waals surface area contributed by atoms with Crippen molar-refractivity contribution < 1.29 is 13.2 Å². The minimum absolute atomic E-state index is 0.0820. The molecule has 0 heterocycles. The lowest BCUT2D eigenvalue weighted by Crippen LogP contribution is -2.42. The molecule has 2 N–H and O–H groups in total. The third-order valence-electron chi connectivity index (χ3n) is 4.93. The highest BCUT2D eigenvalue weighted by molar-refractivity contribution is 7.89. The van der Waals surface area contributed by atoms with Crippen LogP contribution in [0.5, 0.6) is 0 Å². The van der Waals surface area contributed by atoms with Crippen molar-refractivity contribution in [2.75, 3.05) is 13.1 Å². The molecule has 2 rings (SSSR count). The van der Waals surface area contributed by atoms with E-state index in [1.54, 1.807) is 24.3 Å². The molecule has 6 nitrogen and oxygen atoms in total. The van der Waals surface area contributed by atoms with E-state index in [0.717, 1.165) is 11.1 Å². The summed E-state index contributed by atoms with van der Waals surface area (Å²) in [6, 6.07) is 16.1. The van der Waals surface area contributed by atoms with E-state index in [-0.39, 0.29) is 22.9 Å². The minimum atomic E-state index is -3.47. The summed E-state index contributed by atoms with van der Waals surface area (Å²) in [4.78, 5) is 12.6. The van der Waals surface area contributed by atoms with Crippen LogP contribution in [-0.2, 0) is 21.4 Å². The Balaban J connectivity index is 1.96. The van der Waals surface area contributed by atoms with Crippen molar-refractivity contribution in [3.8, 4) is 0 Å². The van der Waals surface area contributed by atoms with Crippen molar-refractivity contribution in [1.82, 2.24) is 14.9 Å². The molecule has 0 saturated heterocycles. The van der Waals surface area contributed by atoms with Crippen molar-refractivity contribution in [2.45, 2.75) is 51.2 Å². The number of nitrogens with one attached hydrogen (secondary N) is 2. The summed E-state index contributed by atoms with van der Waals surface area (Å²) in [6.45, 7) is 8.78. The average molecular weight is 418 g/mol. The highest BCUT2D eigenvalue weighted by Gasteiger charge is 2.22. The van der Waals surface area contributed by atoms with Crippen molar-refractivity contribution in [3.05, 3.63) is 65.7 Å². The van der Waals surface area contributed by atoms with Crippen molar-refractivity contribution in [3.63, 3.8) is 0 Å². The molecule has 0 radical (unpaired) electrons. The molecule has 2 atom stereocenters. The van der Waals surface area contributed by atoms with E-state index in [1.807, 2.05) is 58.0 Å². The van der Waals surface area contributed by atoms with Gasteiger partial charge in [-0.05, 0) is 37.1 Å². The Morgan fingerprint density at radius 2 is 1.55 bits per heavy atom. The molecule has 158 valence electrons. The Hall–Kier alpha value is -2.22. The summed E-state index contributed by atoms with van der Waals surface area (Å²) in [5, 5.41) is 6.19. The van der Waals surface area contributed by atoms with Crippen molar-refractivity contribution in [1.29, 1.82) is 0 Å². The van der Waals surface area contributed by atoms with Gasteiger partial charge in [-0.25, -0.2) is 8.42 Å². The van der Waals surface area contributed by atoms with Gasteiger partial charge in [0.2, 0.25) is 15.9 Å². The van der Waals surface area contributed by atoms with Crippen LogP contribution in [0.15, 0.2) is 59.5 Å². The topological polar surface area (TPSA) is 78.5 Å². The third-order valence-corrected chi connectivity index (χ3v) is 6.99. The van der Waals surface area contributed by atoms with E-state index in [0.29, 0.717) is 19.6 Å². The van der Waals surface area contributed by atoms with E-state index in [4.69, 9.17) is 0 Å². The molecule has 0 spiro atoms. The molecule has 0 aliphatic rings. The molecule has 0 unspecified atom stereocenters. The van der Waals surface area contributed by atoms with Gasteiger partial charge in [0, 0.05) is 25.7 Å². The summed E-state index contributed by atoms with van der Waals surface area (Å²) in [5.41, 5.74) is 1.97. The Labute approximate surface area is 174 Å². The zero-order valence-corrected chi connectivity index (χ0v) is 18.4. The zero-order chi connectivity index (χ0) is 21.4. The molecule has 7 heteroatoms. The van der Waals surface area contributed by atoms with Crippen LogP contribution in [0.2, 0.25) is 0 Å². The Kier molecular flexibility index (Phi) is 8.37. The van der Waals surface area contributed by atoms with Crippen LogP contribution in [0, 0.1) is 0 Å². The lowest BCUT2D eigenvalue weighted by Gasteiger charge is -2.21. The van der Waals surface area contributed by atoms with Crippen LogP contribution in [0.1, 0.15) is 44.9 Å². The van der Waals surface area contributed by atoms with E-state index < -0.39 is 10.0 Å². The molecule has 2 aromatic carbocycles. The van der Waals surface area contributed by atoms with Gasteiger partial charge >= 0.3 is 0 Å². The van der Waals surface area contributed by atoms with Gasteiger partial charge in [0.15, 0.2) is 0 Å². The first-order valence-corrected chi connectivity index (χ1v) is 11.4. The number of hydrogen-bond donors (Lipinski definition) is 2. The van der Waals surface area contributed by atoms with Gasteiger partial charge in [0.25, 0.3) is 0 Å². The SMILES string of the molecule is CCN(CC)S(=O)(=O)c1ccc([C@H](C)N[C@@H](C)C(=O)NCc2ccccc2)cc1. The summed E-state index contributed by atoms with van der Waals surface area (Å²) >= 11 is 0. The second-order valence-corrected chi connectivity index (χ2v) is 8.91. The Morgan fingerprint density at radius 1 is 0.966 bits per heavy atom. The van der Waals surface area contributed by atoms with Crippen LogP contribution < -0.4 is 10.6 Å². The molecule has 0 saturated carbocycles. The van der Waals surface area contributed by atoms with Gasteiger partial charge in [-0.1, -0.05) is 56.3 Å². The predicted octanol–water partition coefficient (Wildman–Crippen LogP) is 3.07. The highest BCUT2D eigenvalue weighted by Crippen LogP contribution is 2.19. The first kappa shape index (κ1) is 23.1. The maximum atomic E-state index is 12.6. The second-order valence-electron chi connectivity index (χ2n) is 6.97. The van der Waals surface area contributed by atoms with Crippen LogP contribution in [0.25, 0.3) is 0 Å². The number of hydrogen-bond acceptors (Lipinski definition) is 4. The number of amides is 1. The van der Waals surface area contributed by atoms with Crippen LogP contribution in [0.4, 0.5) is 0 Å². The monoisotopic (exact) mass is 417 g/mol. The average Bonchev–Trinajstić information content (AvgIpc) is 2.73. The first-order chi connectivity index (χ1) is 13.8. The van der Waals surface area contributed by atoms with Gasteiger partial charge in [-0.3, -0.25) is 10.1 Å².